The average molecular weight is 221 g/mol. The predicted octanol–water partition coefficient (Wildman–Crippen LogP) is 0.869. The van der Waals surface area contributed by atoms with E-state index in [4.69, 9.17) is 10.2 Å². The molecule has 0 spiro atoms. The zero-order chi connectivity index (χ0) is 11.4. The summed E-state index contributed by atoms with van der Waals surface area (Å²) in [5.41, 5.74) is -0.263. The lowest BCUT2D eigenvalue weighted by Gasteiger charge is -2.11. The second-order valence-corrected chi connectivity index (χ2v) is 2.96. The molecule has 3 N–H and O–H groups in total. The molecule has 3 nitrogen and oxygen atoms in total. The van der Waals surface area contributed by atoms with E-state index >= 15 is 0 Å². The zero-order valence-electron chi connectivity index (χ0n) is 7.67. The van der Waals surface area contributed by atoms with E-state index < -0.39 is 30.2 Å². The number of anilines is 1. The van der Waals surface area contributed by atoms with Crippen molar-refractivity contribution in [2.45, 2.75) is 6.10 Å². The fourth-order valence-electron chi connectivity index (χ4n) is 0.950. The van der Waals surface area contributed by atoms with Crippen LogP contribution in [-0.2, 0) is 0 Å². The van der Waals surface area contributed by atoms with Crippen LogP contribution >= 0.6 is 0 Å². The maximum Gasteiger partial charge on any atom is 0.161 e. The predicted molar refractivity (Wildman–Crippen MR) is 47.9 cm³/mol. The van der Waals surface area contributed by atoms with Crippen LogP contribution in [0.5, 0.6) is 0 Å². The summed E-state index contributed by atoms with van der Waals surface area (Å²) in [7, 11) is 0. The van der Waals surface area contributed by atoms with Gasteiger partial charge in [-0.3, -0.25) is 0 Å². The topological polar surface area (TPSA) is 52.5 Å². The van der Waals surface area contributed by atoms with E-state index in [1.165, 1.54) is 0 Å². The zero-order valence-corrected chi connectivity index (χ0v) is 7.67. The van der Waals surface area contributed by atoms with Gasteiger partial charge in [-0.05, 0) is 0 Å². The molecular weight excluding hydrogens is 211 g/mol. The standard InChI is InChI=1S/C9H10F3NO2/c10-6-1-8(12)9(2-7(6)11)13-3-5(15)4-14/h1-2,5,13-15H,3-4H2. The van der Waals surface area contributed by atoms with Crippen molar-refractivity contribution in [2.24, 2.45) is 0 Å². The van der Waals surface area contributed by atoms with Crippen molar-refractivity contribution < 1.29 is 23.4 Å². The SMILES string of the molecule is OCC(O)CNc1cc(F)c(F)cc1F. The van der Waals surface area contributed by atoms with E-state index in [-0.39, 0.29) is 12.2 Å². The lowest BCUT2D eigenvalue weighted by Crippen LogP contribution is -2.23. The van der Waals surface area contributed by atoms with Crippen LogP contribution in [0, 0.1) is 17.5 Å². The summed E-state index contributed by atoms with van der Waals surface area (Å²) in [6.07, 6.45) is -1.09. The smallest absolute Gasteiger partial charge is 0.161 e. The van der Waals surface area contributed by atoms with Crippen LogP contribution in [0.3, 0.4) is 0 Å². The summed E-state index contributed by atoms with van der Waals surface area (Å²) in [6, 6.07) is 1.05. The third-order valence-electron chi connectivity index (χ3n) is 1.75. The van der Waals surface area contributed by atoms with Crippen molar-refractivity contribution in [3.05, 3.63) is 29.6 Å². The average Bonchev–Trinajstić information content (AvgIpc) is 2.21. The molecule has 0 aliphatic carbocycles. The number of benzene rings is 1. The molecule has 0 fully saturated rings. The van der Waals surface area contributed by atoms with Gasteiger partial charge in [0.05, 0.1) is 18.4 Å². The maximum absolute atomic E-state index is 13.0. The molecule has 15 heavy (non-hydrogen) atoms. The Morgan fingerprint density at radius 1 is 1.13 bits per heavy atom. The molecule has 6 heteroatoms. The van der Waals surface area contributed by atoms with Crippen molar-refractivity contribution in [3.63, 3.8) is 0 Å². The lowest BCUT2D eigenvalue weighted by molar-refractivity contribution is 0.105. The van der Waals surface area contributed by atoms with Gasteiger partial charge in [0.1, 0.15) is 5.82 Å². The van der Waals surface area contributed by atoms with Gasteiger partial charge in [0.15, 0.2) is 11.6 Å². The highest BCUT2D eigenvalue weighted by Gasteiger charge is 2.10. The van der Waals surface area contributed by atoms with Gasteiger partial charge in [0.25, 0.3) is 0 Å². The van der Waals surface area contributed by atoms with Gasteiger partial charge < -0.3 is 15.5 Å². The first-order valence-electron chi connectivity index (χ1n) is 4.22. The summed E-state index contributed by atoms with van der Waals surface area (Å²) in [5, 5.41) is 19.7. The Kier molecular flexibility index (Phi) is 3.93. The van der Waals surface area contributed by atoms with Crippen molar-refractivity contribution in [1.82, 2.24) is 0 Å². The minimum absolute atomic E-state index is 0.154. The van der Waals surface area contributed by atoms with Crippen LogP contribution in [0.2, 0.25) is 0 Å². The van der Waals surface area contributed by atoms with E-state index in [1.807, 2.05) is 0 Å². The molecule has 1 unspecified atom stereocenters. The number of hydrogen-bond acceptors (Lipinski definition) is 3. The van der Waals surface area contributed by atoms with Crippen LogP contribution in [0.4, 0.5) is 18.9 Å². The number of hydrogen-bond donors (Lipinski definition) is 3. The Hall–Kier alpha value is -1.27. The molecule has 1 aromatic carbocycles. The van der Waals surface area contributed by atoms with Crippen molar-refractivity contribution in [1.29, 1.82) is 0 Å². The Balaban J connectivity index is 2.73. The van der Waals surface area contributed by atoms with E-state index in [9.17, 15) is 13.2 Å². The molecule has 0 aromatic heterocycles. The van der Waals surface area contributed by atoms with E-state index in [0.717, 1.165) is 0 Å². The van der Waals surface area contributed by atoms with E-state index in [0.29, 0.717) is 12.1 Å². The van der Waals surface area contributed by atoms with Gasteiger partial charge in [-0.1, -0.05) is 0 Å². The minimum atomic E-state index is -1.28. The summed E-state index contributed by atoms with van der Waals surface area (Å²) < 4.78 is 38.1. The highest BCUT2D eigenvalue weighted by Crippen LogP contribution is 2.18. The fourth-order valence-corrected chi connectivity index (χ4v) is 0.950. The molecule has 0 aliphatic rings. The Bertz CT molecular complexity index is 346. The van der Waals surface area contributed by atoms with Crippen molar-refractivity contribution in [2.75, 3.05) is 18.5 Å². The van der Waals surface area contributed by atoms with Crippen LogP contribution in [0.1, 0.15) is 0 Å². The second-order valence-electron chi connectivity index (χ2n) is 2.96. The monoisotopic (exact) mass is 221 g/mol. The Morgan fingerprint density at radius 2 is 1.73 bits per heavy atom. The van der Waals surface area contributed by atoms with Gasteiger partial charge >= 0.3 is 0 Å². The third-order valence-corrected chi connectivity index (χ3v) is 1.75. The number of nitrogens with one attached hydrogen (secondary N) is 1. The van der Waals surface area contributed by atoms with Gasteiger partial charge in [-0.2, -0.15) is 0 Å². The van der Waals surface area contributed by atoms with Crippen molar-refractivity contribution >= 4 is 5.69 Å². The van der Waals surface area contributed by atoms with Crippen LogP contribution in [0.15, 0.2) is 12.1 Å². The molecule has 0 aliphatic heterocycles. The van der Waals surface area contributed by atoms with Gasteiger partial charge in [0, 0.05) is 18.7 Å². The second kappa shape index (κ2) is 4.99. The first-order chi connectivity index (χ1) is 7.04. The van der Waals surface area contributed by atoms with Gasteiger partial charge in [-0.15, -0.1) is 0 Å². The summed E-state index contributed by atoms with van der Waals surface area (Å²) in [6.45, 7) is -0.656. The highest BCUT2D eigenvalue weighted by atomic mass is 19.2. The van der Waals surface area contributed by atoms with E-state index in [1.54, 1.807) is 0 Å². The first kappa shape index (κ1) is 11.8. The van der Waals surface area contributed by atoms with Crippen LogP contribution in [-0.4, -0.2) is 29.5 Å². The summed E-state index contributed by atoms with van der Waals surface area (Å²) >= 11 is 0. The molecule has 0 saturated carbocycles. The molecular formula is C9H10F3NO2. The fraction of sp³-hybridized carbons (Fsp3) is 0.333. The molecule has 1 rings (SSSR count). The molecule has 0 saturated heterocycles. The van der Waals surface area contributed by atoms with Gasteiger partial charge in [0.2, 0.25) is 0 Å². The molecule has 0 amide bonds. The highest BCUT2D eigenvalue weighted by molar-refractivity contribution is 5.45. The molecule has 0 radical (unpaired) electrons. The van der Waals surface area contributed by atoms with Crippen LogP contribution in [0.25, 0.3) is 0 Å². The molecule has 0 heterocycles. The number of aliphatic hydroxyl groups is 2. The number of rotatable bonds is 4. The Labute approximate surface area is 84.2 Å². The normalized spacial score (nSPS) is 12.6. The van der Waals surface area contributed by atoms with Crippen LogP contribution < -0.4 is 5.32 Å². The minimum Gasteiger partial charge on any atom is -0.394 e. The molecule has 84 valence electrons. The molecule has 1 aromatic rings. The number of aliphatic hydroxyl groups excluding tert-OH is 2. The quantitative estimate of drug-likeness (QED) is 0.661. The largest absolute Gasteiger partial charge is 0.394 e. The third kappa shape index (κ3) is 3.10. The van der Waals surface area contributed by atoms with Crippen molar-refractivity contribution in [3.8, 4) is 0 Å². The Morgan fingerprint density at radius 3 is 2.33 bits per heavy atom. The maximum atomic E-state index is 13.0. The summed E-state index contributed by atoms with van der Waals surface area (Å²) in [5.74, 6) is -3.42. The lowest BCUT2D eigenvalue weighted by atomic mass is 10.2. The summed E-state index contributed by atoms with van der Waals surface area (Å²) in [4.78, 5) is 0. The number of halogens is 3. The van der Waals surface area contributed by atoms with E-state index in [2.05, 4.69) is 5.32 Å². The first-order valence-corrected chi connectivity index (χ1v) is 4.22. The molecule has 0 bridgehead atoms. The van der Waals surface area contributed by atoms with Gasteiger partial charge in [-0.25, -0.2) is 13.2 Å². The molecule has 1 atom stereocenters.